The van der Waals surface area contributed by atoms with Crippen molar-refractivity contribution >= 4 is 0 Å². The van der Waals surface area contributed by atoms with Gasteiger partial charge in [0, 0.05) is 5.41 Å². The van der Waals surface area contributed by atoms with E-state index in [1.54, 1.807) is 22.3 Å². The highest BCUT2D eigenvalue weighted by atomic mass is 14.7. The second-order valence-corrected chi connectivity index (χ2v) is 6.18. The first kappa shape index (κ1) is 9.38. The molecule has 3 aliphatic carbocycles. The first-order chi connectivity index (χ1) is 8.91. The summed E-state index contributed by atoms with van der Waals surface area (Å²) in [5.41, 5.74) is 7.09. The van der Waals surface area contributed by atoms with E-state index in [-0.39, 0.29) is 0 Å². The summed E-state index contributed by atoms with van der Waals surface area (Å²) in [5, 5.41) is 0. The van der Waals surface area contributed by atoms with Crippen molar-refractivity contribution in [1.82, 2.24) is 0 Å². The third kappa shape index (κ3) is 0.880. The molecule has 2 aromatic carbocycles. The SMILES string of the molecule is c1ccc2c(c1)C[C@H]1[C@@H]2[C@@]12CCc1ccccc12. The second kappa shape index (κ2) is 2.88. The summed E-state index contributed by atoms with van der Waals surface area (Å²) < 4.78 is 0. The fourth-order valence-electron chi connectivity index (χ4n) is 4.95. The van der Waals surface area contributed by atoms with Crippen molar-refractivity contribution in [2.75, 3.05) is 0 Å². The fourth-order valence-corrected chi connectivity index (χ4v) is 4.95. The quantitative estimate of drug-likeness (QED) is 0.647. The molecule has 5 rings (SSSR count). The molecule has 1 saturated carbocycles. The maximum absolute atomic E-state index is 2.39. The highest BCUT2D eigenvalue weighted by Crippen LogP contribution is 2.74. The van der Waals surface area contributed by atoms with Gasteiger partial charge in [0.15, 0.2) is 0 Å². The van der Waals surface area contributed by atoms with E-state index in [4.69, 9.17) is 0 Å². The van der Waals surface area contributed by atoms with E-state index in [1.807, 2.05) is 0 Å². The van der Waals surface area contributed by atoms with Crippen LogP contribution in [0.1, 0.15) is 34.6 Å². The lowest BCUT2D eigenvalue weighted by atomic mass is 9.86. The van der Waals surface area contributed by atoms with Gasteiger partial charge in [-0.3, -0.25) is 0 Å². The standard InChI is InChI=1S/C18H16/c1-3-7-14-13(6-1)11-16-17(14)18(16)10-9-12-5-2-4-8-15(12)18/h1-8,16-17H,9-11H2/t16-,17+,18+/m0/s1. The molecule has 88 valence electrons. The molecule has 0 heterocycles. The Morgan fingerprint density at radius 2 is 1.67 bits per heavy atom. The van der Waals surface area contributed by atoms with E-state index in [2.05, 4.69) is 48.5 Å². The van der Waals surface area contributed by atoms with Crippen LogP contribution < -0.4 is 0 Å². The van der Waals surface area contributed by atoms with Crippen molar-refractivity contribution < 1.29 is 0 Å². The summed E-state index contributed by atoms with van der Waals surface area (Å²) >= 11 is 0. The Labute approximate surface area is 108 Å². The zero-order valence-corrected chi connectivity index (χ0v) is 10.4. The van der Waals surface area contributed by atoms with Gasteiger partial charge < -0.3 is 0 Å². The van der Waals surface area contributed by atoms with E-state index >= 15 is 0 Å². The van der Waals surface area contributed by atoms with Crippen LogP contribution in [0.15, 0.2) is 48.5 Å². The number of fused-ring (bicyclic) bond motifs is 7. The molecule has 2 aromatic rings. The van der Waals surface area contributed by atoms with Crippen LogP contribution in [0.4, 0.5) is 0 Å². The molecule has 0 bridgehead atoms. The monoisotopic (exact) mass is 232 g/mol. The molecule has 3 aliphatic rings. The largest absolute Gasteiger partial charge is 0.0620 e. The Morgan fingerprint density at radius 1 is 0.889 bits per heavy atom. The van der Waals surface area contributed by atoms with Crippen LogP contribution in [-0.2, 0) is 18.3 Å². The average molecular weight is 232 g/mol. The van der Waals surface area contributed by atoms with Gasteiger partial charge in [0.1, 0.15) is 0 Å². The topological polar surface area (TPSA) is 0 Å². The van der Waals surface area contributed by atoms with E-state index in [0.29, 0.717) is 5.41 Å². The van der Waals surface area contributed by atoms with Crippen molar-refractivity contribution in [2.45, 2.75) is 30.6 Å². The van der Waals surface area contributed by atoms with E-state index in [1.165, 1.54) is 19.3 Å². The molecule has 3 atom stereocenters. The lowest BCUT2D eigenvalue weighted by Gasteiger charge is -2.17. The predicted molar refractivity (Wildman–Crippen MR) is 72.8 cm³/mol. The molecule has 0 amide bonds. The third-order valence-electron chi connectivity index (χ3n) is 5.67. The van der Waals surface area contributed by atoms with Crippen LogP contribution in [0.5, 0.6) is 0 Å². The Hall–Kier alpha value is -1.56. The first-order valence-electron chi connectivity index (χ1n) is 7.07. The van der Waals surface area contributed by atoms with Gasteiger partial charge in [0.2, 0.25) is 0 Å². The zero-order valence-electron chi connectivity index (χ0n) is 10.4. The third-order valence-corrected chi connectivity index (χ3v) is 5.67. The zero-order chi connectivity index (χ0) is 11.7. The maximum Gasteiger partial charge on any atom is 0.00682 e. The normalized spacial score (nSPS) is 34.2. The molecule has 0 heteroatoms. The average Bonchev–Trinajstić information content (AvgIpc) is 2.74. The smallest absolute Gasteiger partial charge is 0.00682 e. The van der Waals surface area contributed by atoms with Gasteiger partial charge >= 0.3 is 0 Å². The van der Waals surface area contributed by atoms with Crippen LogP contribution >= 0.6 is 0 Å². The second-order valence-electron chi connectivity index (χ2n) is 6.18. The van der Waals surface area contributed by atoms with Crippen molar-refractivity contribution in [1.29, 1.82) is 0 Å². The Kier molecular flexibility index (Phi) is 1.50. The summed E-state index contributed by atoms with van der Waals surface area (Å²) in [7, 11) is 0. The minimum atomic E-state index is 0.533. The summed E-state index contributed by atoms with van der Waals surface area (Å²) in [4.78, 5) is 0. The van der Waals surface area contributed by atoms with E-state index < -0.39 is 0 Å². The summed E-state index contributed by atoms with van der Waals surface area (Å²) in [6, 6.07) is 18.3. The van der Waals surface area contributed by atoms with E-state index in [9.17, 15) is 0 Å². The molecule has 0 unspecified atom stereocenters. The molecule has 0 radical (unpaired) electrons. The lowest BCUT2D eigenvalue weighted by molar-refractivity contribution is 0.580. The first-order valence-corrected chi connectivity index (χ1v) is 7.07. The Balaban J connectivity index is 1.68. The van der Waals surface area contributed by atoms with Crippen LogP contribution in [0, 0.1) is 5.92 Å². The van der Waals surface area contributed by atoms with Gasteiger partial charge in [-0.1, -0.05) is 48.5 Å². The molecule has 0 nitrogen and oxygen atoms in total. The highest BCUT2D eigenvalue weighted by molar-refractivity contribution is 5.58. The number of aryl methyl sites for hydroxylation is 1. The van der Waals surface area contributed by atoms with Crippen LogP contribution in [-0.4, -0.2) is 0 Å². The summed E-state index contributed by atoms with van der Waals surface area (Å²) in [6.07, 6.45) is 4.00. The molecule has 0 saturated heterocycles. The van der Waals surface area contributed by atoms with Crippen LogP contribution in [0.2, 0.25) is 0 Å². The van der Waals surface area contributed by atoms with Gasteiger partial charge in [-0.15, -0.1) is 0 Å². The van der Waals surface area contributed by atoms with Gasteiger partial charge in [0.05, 0.1) is 0 Å². The van der Waals surface area contributed by atoms with E-state index in [0.717, 1.165) is 11.8 Å². The maximum atomic E-state index is 2.39. The molecule has 0 aliphatic heterocycles. The van der Waals surface area contributed by atoms with Crippen LogP contribution in [0.3, 0.4) is 0 Å². The molecular formula is C18H16. The predicted octanol–water partition coefficient (Wildman–Crippen LogP) is 3.84. The fraction of sp³-hybridized carbons (Fsp3) is 0.333. The van der Waals surface area contributed by atoms with Gasteiger partial charge in [-0.2, -0.15) is 0 Å². The van der Waals surface area contributed by atoms with Gasteiger partial charge in [-0.05, 0) is 53.4 Å². The molecule has 18 heavy (non-hydrogen) atoms. The van der Waals surface area contributed by atoms with Crippen molar-refractivity contribution in [2.24, 2.45) is 5.92 Å². The Morgan fingerprint density at radius 3 is 2.61 bits per heavy atom. The molecule has 0 N–H and O–H groups in total. The molecule has 0 aromatic heterocycles. The molecule has 1 spiro atoms. The van der Waals surface area contributed by atoms with Crippen molar-refractivity contribution in [3.63, 3.8) is 0 Å². The van der Waals surface area contributed by atoms with Gasteiger partial charge in [0.25, 0.3) is 0 Å². The molecule has 1 fully saturated rings. The highest BCUT2D eigenvalue weighted by Gasteiger charge is 2.69. The lowest BCUT2D eigenvalue weighted by Crippen LogP contribution is -2.11. The number of hydrogen-bond donors (Lipinski definition) is 0. The Bertz CT molecular complexity index is 655. The summed E-state index contributed by atoms with van der Waals surface area (Å²) in [6.45, 7) is 0. The number of benzene rings is 2. The van der Waals surface area contributed by atoms with Crippen molar-refractivity contribution in [3.05, 3.63) is 70.8 Å². The van der Waals surface area contributed by atoms with Crippen LogP contribution in [0.25, 0.3) is 0 Å². The molecular weight excluding hydrogens is 216 g/mol. The minimum absolute atomic E-state index is 0.533. The number of hydrogen-bond acceptors (Lipinski definition) is 0. The van der Waals surface area contributed by atoms with Gasteiger partial charge in [-0.25, -0.2) is 0 Å². The van der Waals surface area contributed by atoms with Crippen molar-refractivity contribution in [3.8, 4) is 0 Å². The number of rotatable bonds is 0. The minimum Gasteiger partial charge on any atom is -0.0620 e. The summed E-state index contributed by atoms with van der Waals surface area (Å²) in [5.74, 6) is 1.73.